The van der Waals surface area contributed by atoms with Gasteiger partial charge >= 0.3 is 5.97 Å². The van der Waals surface area contributed by atoms with E-state index in [1.54, 1.807) is 0 Å². The van der Waals surface area contributed by atoms with Crippen LogP contribution in [0.4, 0.5) is 5.69 Å². The monoisotopic (exact) mass is 545 g/mol. The second kappa shape index (κ2) is 9.26. The van der Waals surface area contributed by atoms with Gasteiger partial charge in [0.25, 0.3) is 5.91 Å². The molecule has 2 fully saturated rings. The standard InChI is InChI=1S/C22H28INO5S/c1-14-3-5-15(6-4-14)20(25)24(17-13-18(23)30-19(17)21(26)27-2)16-7-9-22(10-8-16)28-11-12-29-22/h5,13-14,16H,3-4,6-12H2,1-2H3. The fourth-order valence-corrected chi connectivity index (χ4v) is 6.39. The van der Waals surface area contributed by atoms with E-state index in [1.807, 2.05) is 11.0 Å². The lowest BCUT2D eigenvalue weighted by atomic mass is 9.87. The molecule has 1 saturated heterocycles. The zero-order valence-corrected chi connectivity index (χ0v) is 20.4. The largest absolute Gasteiger partial charge is 0.465 e. The van der Waals surface area contributed by atoms with Crippen LogP contribution in [0.2, 0.25) is 0 Å². The molecule has 8 heteroatoms. The van der Waals surface area contributed by atoms with Crippen molar-refractivity contribution >= 4 is 51.5 Å². The average Bonchev–Trinajstić information content (AvgIpc) is 3.36. The molecule has 0 bridgehead atoms. The molecule has 4 rings (SSSR count). The van der Waals surface area contributed by atoms with Gasteiger partial charge in [0.1, 0.15) is 4.88 Å². The van der Waals surface area contributed by atoms with Crippen molar-refractivity contribution in [2.24, 2.45) is 5.92 Å². The second-order valence-electron chi connectivity index (χ2n) is 8.38. The van der Waals surface area contributed by atoms with Gasteiger partial charge in [0.15, 0.2) is 5.79 Å². The molecule has 1 unspecified atom stereocenters. The maximum atomic E-state index is 13.7. The summed E-state index contributed by atoms with van der Waals surface area (Å²) >= 11 is 3.58. The third-order valence-electron chi connectivity index (χ3n) is 6.37. The van der Waals surface area contributed by atoms with Crippen molar-refractivity contribution in [2.75, 3.05) is 25.2 Å². The summed E-state index contributed by atoms with van der Waals surface area (Å²) in [6.07, 6.45) is 7.89. The molecular weight excluding hydrogens is 517 g/mol. The second-order valence-corrected chi connectivity index (χ2v) is 11.3. The Kier molecular flexibility index (Phi) is 6.86. The molecule has 1 aliphatic heterocycles. The van der Waals surface area contributed by atoms with Gasteiger partial charge in [-0.05, 0) is 66.7 Å². The smallest absolute Gasteiger partial charge is 0.350 e. The number of thiophene rings is 1. The topological polar surface area (TPSA) is 65.1 Å². The summed E-state index contributed by atoms with van der Waals surface area (Å²) in [4.78, 5) is 28.6. The fraction of sp³-hybridized carbons (Fsp3) is 0.636. The number of esters is 1. The minimum Gasteiger partial charge on any atom is -0.465 e. The van der Waals surface area contributed by atoms with E-state index >= 15 is 0 Å². The van der Waals surface area contributed by atoms with Crippen molar-refractivity contribution in [3.8, 4) is 0 Å². The van der Waals surface area contributed by atoms with Crippen molar-refractivity contribution in [2.45, 2.75) is 63.7 Å². The Morgan fingerprint density at radius 1 is 1.23 bits per heavy atom. The Morgan fingerprint density at radius 2 is 1.93 bits per heavy atom. The lowest BCUT2D eigenvalue weighted by Crippen LogP contribution is -2.47. The van der Waals surface area contributed by atoms with Crippen LogP contribution >= 0.6 is 33.9 Å². The summed E-state index contributed by atoms with van der Waals surface area (Å²) in [5, 5.41) is 0. The first-order valence-electron chi connectivity index (χ1n) is 10.6. The number of hydrogen-bond acceptors (Lipinski definition) is 6. The molecule has 0 aromatic carbocycles. The SMILES string of the molecule is COC(=O)c1sc(I)cc1N(C(=O)C1=CCC(C)CC1)C1CCC2(CC1)OCCO2. The Morgan fingerprint density at radius 3 is 2.53 bits per heavy atom. The van der Waals surface area contributed by atoms with Crippen LogP contribution in [0.3, 0.4) is 0 Å². The van der Waals surface area contributed by atoms with Crippen molar-refractivity contribution in [1.29, 1.82) is 0 Å². The Labute approximate surface area is 195 Å². The number of hydrogen-bond donors (Lipinski definition) is 0. The van der Waals surface area contributed by atoms with Gasteiger partial charge in [-0.15, -0.1) is 11.3 Å². The Balaban J connectivity index is 1.66. The van der Waals surface area contributed by atoms with Gasteiger partial charge in [-0.1, -0.05) is 13.0 Å². The third-order valence-corrected chi connectivity index (χ3v) is 8.24. The van der Waals surface area contributed by atoms with Crippen LogP contribution in [-0.2, 0) is 19.0 Å². The van der Waals surface area contributed by atoms with E-state index in [9.17, 15) is 9.59 Å². The first-order chi connectivity index (χ1) is 14.4. The van der Waals surface area contributed by atoms with Crippen LogP contribution in [0.5, 0.6) is 0 Å². The molecule has 1 saturated carbocycles. The summed E-state index contributed by atoms with van der Waals surface area (Å²) in [5.41, 5.74) is 1.54. The van der Waals surface area contributed by atoms with E-state index in [-0.39, 0.29) is 11.9 Å². The van der Waals surface area contributed by atoms with Crippen LogP contribution in [0.25, 0.3) is 0 Å². The zero-order valence-electron chi connectivity index (χ0n) is 17.4. The van der Waals surface area contributed by atoms with Crippen molar-refractivity contribution < 1.29 is 23.8 Å². The summed E-state index contributed by atoms with van der Waals surface area (Å²) in [7, 11) is 1.38. The quantitative estimate of drug-likeness (QED) is 0.398. The predicted molar refractivity (Wildman–Crippen MR) is 124 cm³/mol. The van der Waals surface area contributed by atoms with E-state index < -0.39 is 11.8 Å². The van der Waals surface area contributed by atoms with E-state index in [2.05, 4.69) is 35.6 Å². The number of amides is 1. The zero-order chi connectivity index (χ0) is 21.3. The highest BCUT2D eigenvalue weighted by Crippen LogP contribution is 2.42. The van der Waals surface area contributed by atoms with Crippen molar-refractivity contribution in [3.63, 3.8) is 0 Å². The number of carbonyl (C=O) groups excluding carboxylic acids is 2. The summed E-state index contributed by atoms with van der Waals surface area (Å²) < 4.78 is 17.7. The van der Waals surface area contributed by atoms with Gasteiger partial charge in [0.2, 0.25) is 0 Å². The van der Waals surface area contributed by atoms with Crippen molar-refractivity contribution in [3.05, 3.63) is 25.5 Å². The molecule has 30 heavy (non-hydrogen) atoms. The first-order valence-corrected chi connectivity index (χ1v) is 12.5. The minimum absolute atomic E-state index is 0.00461. The molecular formula is C22H28INO5S. The van der Waals surface area contributed by atoms with E-state index in [0.717, 1.165) is 53.4 Å². The predicted octanol–water partition coefficient (Wildman–Crippen LogP) is 4.90. The summed E-state index contributed by atoms with van der Waals surface area (Å²) in [6.45, 7) is 3.48. The fourth-order valence-electron chi connectivity index (χ4n) is 4.64. The molecule has 2 heterocycles. The Hall–Kier alpha value is -0.970. The van der Waals surface area contributed by atoms with Crippen LogP contribution in [0.1, 0.15) is 61.5 Å². The molecule has 164 valence electrons. The maximum Gasteiger partial charge on any atom is 0.350 e. The molecule has 2 aliphatic carbocycles. The Bertz CT molecular complexity index is 835. The number of allylic oxidation sites excluding steroid dienone is 1. The maximum absolute atomic E-state index is 13.7. The highest BCUT2D eigenvalue weighted by molar-refractivity contribution is 14.1. The van der Waals surface area contributed by atoms with Crippen LogP contribution in [0.15, 0.2) is 17.7 Å². The van der Waals surface area contributed by atoms with Gasteiger partial charge in [-0.25, -0.2) is 4.79 Å². The van der Waals surface area contributed by atoms with Crippen molar-refractivity contribution in [1.82, 2.24) is 0 Å². The molecule has 1 aromatic heterocycles. The first kappa shape index (κ1) is 22.2. The molecule has 3 aliphatic rings. The highest BCUT2D eigenvalue weighted by atomic mass is 127. The molecule has 1 aromatic rings. The lowest BCUT2D eigenvalue weighted by Gasteiger charge is -2.41. The molecule has 0 N–H and O–H groups in total. The van der Waals surface area contributed by atoms with E-state index in [1.165, 1.54) is 18.4 Å². The number of carbonyl (C=O) groups is 2. The van der Waals surface area contributed by atoms with E-state index in [0.29, 0.717) is 29.7 Å². The minimum atomic E-state index is -0.487. The summed E-state index contributed by atoms with van der Waals surface area (Å²) in [5.74, 6) is -0.250. The molecule has 1 atom stereocenters. The number of halogens is 1. The summed E-state index contributed by atoms with van der Waals surface area (Å²) in [6, 6.07) is 1.94. The van der Waals surface area contributed by atoms with Gasteiger partial charge in [-0.3, -0.25) is 4.79 Å². The van der Waals surface area contributed by atoms with Gasteiger partial charge in [-0.2, -0.15) is 0 Å². The lowest BCUT2D eigenvalue weighted by molar-refractivity contribution is -0.178. The number of ether oxygens (including phenoxy) is 3. The van der Waals surface area contributed by atoms with Crippen LogP contribution in [0, 0.1) is 8.80 Å². The number of anilines is 1. The third kappa shape index (κ3) is 4.47. The highest BCUT2D eigenvalue weighted by Gasteiger charge is 2.43. The molecule has 0 radical (unpaired) electrons. The van der Waals surface area contributed by atoms with Crippen LogP contribution < -0.4 is 4.90 Å². The molecule has 1 amide bonds. The number of nitrogens with zero attached hydrogens (tertiary/aromatic N) is 1. The van der Waals surface area contributed by atoms with E-state index in [4.69, 9.17) is 14.2 Å². The molecule has 6 nitrogen and oxygen atoms in total. The molecule has 1 spiro atoms. The van der Waals surface area contributed by atoms with Gasteiger partial charge in [0, 0.05) is 24.5 Å². The normalized spacial score (nSPS) is 24.0. The number of methoxy groups -OCH3 is 1. The average molecular weight is 545 g/mol. The van der Waals surface area contributed by atoms with Gasteiger partial charge in [0.05, 0.1) is 28.9 Å². The number of rotatable bonds is 4. The van der Waals surface area contributed by atoms with Crippen LogP contribution in [-0.4, -0.2) is 44.0 Å². The van der Waals surface area contributed by atoms with Gasteiger partial charge < -0.3 is 19.1 Å².